The van der Waals surface area contributed by atoms with E-state index in [0.29, 0.717) is 15.8 Å². The predicted molar refractivity (Wildman–Crippen MR) is 81.4 cm³/mol. The van der Waals surface area contributed by atoms with Crippen LogP contribution in [0.15, 0.2) is 40.3 Å². The van der Waals surface area contributed by atoms with Gasteiger partial charge in [-0.3, -0.25) is 0 Å². The minimum Gasteiger partial charge on any atom is -0.395 e. The van der Waals surface area contributed by atoms with Gasteiger partial charge in [-0.05, 0) is 46.3 Å². The Hall–Kier alpha value is -1.66. The topological polar surface area (TPSA) is 50.9 Å². The number of nitrogens with zero attached hydrogens (tertiary/aromatic N) is 1. The quantitative estimate of drug-likeness (QED) is 0.675. The van der Waals surface area contributed by atoms with Crippen molar-refractivity contribution >= 4 is 54.5 Å². The molecular weight excluding hydrogens is 329 g/mol. The highest BCUT2D eigenvalue weighted by atomic mass is 79.9. The number of fused-ring (bicyclic) bond motifs is 1. The van der Waals surface area contributed by atoms with Crippen molar-refractivity contribution in [1.29, 1.82) is 0 Å². The summed E-state index contributed by atoms with van der Waals surface area (Å²) >= 11 is 4.66. The van der Waals surface area contributed by atoms with Crippen LogP contribution < -0.4 is 11.1 Å². The van der Waals surface area contributed by atoms with Gasteiger partial charge in [0.15, 0.2) is 0 Å². The van der Waals surface area contributed by atoms with Crippen molar-refractivity contribution in [3.8, 4) is 0 Å². The third-order valence-electron chi connectivity index (χ3n) is 2.74. The van der Waals surface area contributed by atoms with Crippen LogP contribution in [0, 0.1) is 5.82 Å². The fraction of sp³-hybridized carbons (Fsp3) is 0. The van der Waals surface area contributed by atoms with Gasteiger partial charge in [0.2, 0.25) is 0 Å². The summed E-state index contributed by atoms with van der Waals surface area (Å²) in [5.41, 5.74) is 10.5. The smallest absolute Gasteiger partial charge is 0.139 e. The zero-order valence-electron chi connectivity index (χ0n) is 9.65. The molecule has 0 saturated heterocycles. The van der Waals surface area contributed by atoms with E-state index in [2.05, 4.69) is 26.2 Å². The molecule has 0 aliphatic rings. The average molecular weight is 338 g/mol. The van der Waals surface area contributed by atoms with E-state index in [0.717, 1.165) is 15.9 Å². The molecular formula is C13H9BrFN3S. The van der Waals surface area contributed by atoms with Gasteiger partial charge in [-0.15, -0.1) is 11.3 Å². The Morgan fingerprint density at radius 2 is 2.11 bits per heavy atom. The number of thiazole rings is 1. The first kappa shape index (κ1) is 12.4. The number of rotatable bonds is 2. The first-order valence-electron chi connectivity index (χ1n) is 5.49. The molecule has 0 fully saturated rings. The molecule has 0 unspecified atom stereocenters. The maximum atomic E-state index is 13.5. The molecule has 1 aromatic heterocycles. The van der Waals surface area contributed by atoms with Crippen LogP contribution in [0.5, 0.6) is 0 Å². The number of hydrogen-bond donors (Lipinski definition) is 2. The van der Waals surface area contributed by atoms with Crippen LogP contribution >= 0.6 is 27.3 Å². The summed E-state index contributed by atoms with van der Waals surface area (Å²) in [7, 11) is 0. The van der Waals surface area contributed by atoms with E-state index < -0.39 is 0 Å². The minimum atomic E-state index is -0.321. The van der Waals surface area contributed by atoms with E-state index in [-0.39, 0.29) is 5.82 Å². The van der Waals surface area contributed by atoms with Crippen molar-refractivity contribution in [2.24, 2.45) is 0 Å². The molecule has 19 heavy (non-hydrogen) atoms. The summed E-state index contributed by atoms with van der Waals surface area (Å²) in [4.78, 5) is 4.22. The SMILES string of the molecule is Nc1c(Nc2ccc(Br)c(F)c2)ccc2scnc12. The van der Waals surface area contributed by atoms with Gasteiger partial charge in [-0.1, -0.05) is 0 Å². The number of anilines is 3. The highest BCUT2D eigenvalue weighted by molar-refractivity contribution is 9.10. The first-order chi connectivity index (χ1) is 9.15. The van der Waals surface area contributed by atoms with Gasteiger partial charge in [-0.25, -0.2) is 9.37 Å². The molecule has 0 bridgehead atoms. The van der Waals surface area contributed by atoms with Crippen molar-refractivity contribution in [3.63, 3.8) is 0 Å². The fourth-order valence-electron chi connectivity index (χ4n) is 1.79. The Kier molecular flexibility index (Phi) is 3.12. The Morgan fingerprint density at radius 3 is 2.89 bits per heavy atom. The second kappa shape index (κ2) is 4.79. The highest BCUT2D eigenvalue weighted by Crippen LogP contribution is 2.32. The van der Waals surface area contributed by atoms with E-state index >= 15 is 0 Å². The molecule has 3 N–H and O–H groups in total. The predicted octanol–water partition coefficient (Wildman–Crippen LogP) is 4.52. The zero-order chi connectivity index (χ0) is 13.4. The van der Waals surface area contributed by atoms with E-state index in [4.69, 9.17) is 5.73 Å². The molecule has 0 amide bonds. The van der Waals surface area contributed by atoms with Crippen molar-refractivity contribution < 1.29 is 4.39 Å². The van der Waals surface area contributed by atoms with Crippen molar-refractivity contribution in [3.05, 3.63) is 46.1 Å². The molecule has 0 atom stereocenters. The largest absolute Gasteiger partial charge is 0.395 e. The van der Waals surface area contributed by atoms with Crippen LogP contribution in [0.25, 0.3) is 10.2 Å². The molecule has 2 aromatic carbocycles. The van der Waals surface area contributed by atoms with Gasteiger partial charge in [0, 0.05) is 5.69 Å². The summed E-state index contributed by atoms with van der Waals surface area (Å²) in [5.74, 6) is -0.321. The normalized spacial score (nSPS) is 10.8. The number of halogens is 2. The molecule has 0 aliphatic heterocycles. The van der Waals surface area contributed by atoms with E-state index in [1.165, 1.54) is 17.4 Å². The molecule has 0 saturated carbocycles. The lowest BCUT2D eigenvalue weighted by Gasteiger charge is -2.10. The summed E-state index contributed by atoms with van der Waals surface area (Å²) in [6, 6.07) is 8.65. The summed E-state index contributed by atoms with van der Waals surface area (Å²) < 4.78 is 14.9. The van der Waals surface area contributed by atoms with Crippen LogP contribution in [-0.2, 0) is 0 Å². The minimum absolute atomic E-state index is 0.321. The lowest BCUT2D eigenvalue weighted by molar-refractivity contribution is 0.622. The van der Waals surface area contributed by atoms with Gasteiger partial charge in [0.05, 0.1) is 26.1 Å². The number of aromatic nitrogens is 1. The highest BCUT2D eigenvalue weighted by Gasteiger charge is 2.08. The summed E-state index contributed by atoms with van der Waals surface area (Å²) in [6.07, 6.45) is 0. The van der Waals surface area contributed by atoms with Crippen LogP contribution in [0.3, 0.4) is 0 Å². The molecule has 6 heteroatoms. The maximum Gasteiger partial charge on any atom is 0.139 e. The van der Waals surface area contributed by atoms with Crippen LogP contribution in [0.4, 0.5) is 21.5 Å². The lowest BCUT2D eigenvalue weighted by Crippen LogP contribution is -1.97. The number of hydrogen-bond acceptors (Lipinski definition) is 4. The van der Waals surface area contributed by atoms with Gasteiger partial charge in [0.25, 0.3) is 0 Å². The Balaban J connectivity index is 2.00. The summed E-state index contributed by atoms with van der Waals surface area (Å²) in [5, 5.41) is 3.10. The molecule has 3 aromatic rings. The molecule has 0 aliphatic carbocycles. The average Bonchev–Trinajstić information content (AvgIpc) is 2.86. The van der Waals surface area contributed by atoms with Crippen molar-refractivity contribution in [2.75, 3.05) is 11.1 Å². The van der Waals surface area contributed by atoms with E-state index in [9.17, 15) is 4.39 Å². The van der Waals surface area contributed by atoms with Crippen LogP contribution in [0.1, 0.15) is 0 Å². The van der Waals surface area contributed by atoms with Gasteiger partial charge >= 0.3 is 0 Å². The first-order valence-corrected chi connectivity index (χ1v) is 7.16. The number of benzene rings is 2. The Labute approximate surface area is 121 Å². The van der Waals surface area contributed by atoms with Gasteiger partial charge in [0.1, 0.15) is 11.3 Å². The molecule has 96 valence electrons. The standard InChI is InChI=1S/C13H9BrFN3S/c14-8-2-1-7(5-9(8)15)18-10-3-4-11-13(12(10)16)17-6-19-11/h1-6,18H,16H2. The second-order valence-electron chi connectivity index (χ2n) is 3.98. The monoisotopic (exact) mass is 337 g/mol. The van der Waals surface area contributed by atoms with Gasteiger partial charge < -0.3 is 11.1 Å². The van der Waals surface area contributed by atoms with Crippen molar-refractivity contribution in [1.82, 2.24) is 4.98 Å². The number of nitrogens with one attached hydrogen (secondary N) is 1. The van der Waals surface area contributed by atoms with Crippen LogP contribution in [-0.4, -0.2) is 4.98 Å². The van der Waals surface area contributed by atoms with E-state index in [1.54, 1.807) is 17.6 Å². The third-order valence-corrected chi connectivity index (χ3v) is 4.18. The number of nitrogen functional groups attached to an aromatic ring is 1. The fourth-order valence-corrected chi connectivity index (χ4v) is 2.73. The molecule has 0 spiro atoms. The Bertz CT molecular complexity index is 757. The second-order valence-corrected chi connectivity index (χ2v) is 5.72. The Morgan fingerprint density at radius 1 is 1.26 bits per heavy atom. The molecule has 1 heterocycles. The molecule has 3 nitrogen and oxygen atoms in total. The zero-order valence-corrected chi connectivity index (χ0v) is 12.1. The van der Waals surface area contributed by atoms with Gasteiger partial charge in [-0.2, -0.15) is 0 Å². The molecule has 0 radical (unpaired) electrons. The summed E-state index contributed by atoms with van der Waals surface area (Å²) in [6.45, 7) is 0. The maximum absolute atomic E-state index is 13.5. The third kappa shape index (κ3) is 2.29. The van der Waals surface area contributed by atoms with Crippen LogP contribution in [0.2, 0.25) is 0 Å². The van der Waals surface area contributed by atoms with E-state index in [1.807, 2.05) is 12.1 Å². The lowest BCUT2D eigenvalue weighted by atomic mass is 10.2. The molecule has 3 rings (SSSR count). The van der Waals surface area contributed by atoms with Crippen molar-refractivity contribution in [2.45, 2.75) is 0 Å². The number of nitrogens with two attached hydrogens (primary N) is 1.